The Bertz CT molecular complexity index is 1310. The number of unbranched alkanes of at least 4 members (excludes halogenated alkanes) is 22. The molecule has 0 amide bonds. The summed E-state index contributed by atoms with van der Waals surface area (Å²) in [5.74, 6) is -1.79. The maximum Gasteiger partial charge on any atom is 0.306 e. The summed E-state index contributed by atoms with van der Waals surface area (Å²) in [6.07, 6.45) is 62.2. The van der Waals surface area contributed by atoms with Crippen molar-refractivity contribution in [3.8, 4) is 0 Å². The van der Waals surface area contributed by atoms with Crippen LogP contribution in [0, 0.1) is 0 Å². The van der Waals surface area contributed by atoms with Gasteiger partial charge in [-0.25, -0.2) is 0 Å². The SMILES string of the molecule is CCCCC/C=C/C/C=C/C/C=C/C/C=C/C/C=C/CCCCC(=O)OCC(COCCC(C(=O)[O-])[N+](C)(C)C)OC(=O)CCCCCCCCC/C=C/CCCCCCCCCCCC. The number of ether oxygens (including phenoxy) is 3. The van der Waals surface area contributed by atoms with E-state index in [1.807, 2.05) is 0 Å². The van der Waals surface area contributed by atoms with Gasteiger partial charge in [0.05, 0.1) is 40.3 Å². The Balaban J connectivity index is 4.32. The van der Waals surface area contributed by atoms with E-state index in [1.165, 1.54) is 128 Å². The number of allylic oxidation sites excluding steroid dienone is 12. The molecule has 0 bridgehead atoms. The molecule has 380 valence electrons. The average Bonchev–Trinajstić information content (AvgIpc) is 3.28. The normalized spacial score (nSPS) is 13.4. The van der Waals surface area contributed by atoms with Crippen LogP contribution >= 0.6 is 0 Å². The predicted octanol–water partition coefficient (Wildman–Crippen LogP) is 14.5. The molecule has 0 radical (unpaired) electrons. The van der Waals surface area contributed by atoms with Gasteiger partial charge in [-0.2, -0.15) is 0 Å². The van der Waals surface area contributed by atoms with Crippen LogP contribution in [-0.2, 0) is 28.6 Å². The number of likely N-dealkylation sites (N-methyl/N-ethyl adjacent to an activating group) is 1. The third kappa shape index (κ3) is 45.9. The number of carboxylic acids is 1. The van der Waals surface area contributed by atoms with Crippen molar-refractivity contribution in [1.29, 1.82) is 0 Å². The third-order valence-electron chi connectivity index (χ3n) is 11.8. The summed E-state index contributed by atoms with van der Waals surface area (Å²) >= 11 is 0. The van der Waals surface area contributed by atoms with E-state index in [0.717, 1.165) is 57.8 Å². The molecule has 0 saturated heterocycles. The van der Waals surface area contributed by atoms with Crippen LogP contribution in [0.15, 0.2) is 72.9 Å². The van der Waals surface area contributed by atoms with Crippen LogP contribution in [0.4, 0.5) is 0 Å². The lowest BCUT2D eigenvalue weighted by atomic mass is 10.1. The molecule has 0 aliphatic heterocycles. The number of carbonyl (C=O) groups excluding carboxylic acids is 3. The zero-order valence-electron chi connectivity index (χ0n) is 43.3. The average molecular weight is 924 g/mol. The van der Waals surface area contributed by atoms with E-state index in [4.69, 9.17) is 14.2 Å². The molecule has 0 N–H and O–H groups in total. The van der Waals surface area contributed by atoms with Gasteiger partial charge in [0, 0.05) is 19.3 Å². The topological polar surface area (TPSA) is 102 Å². The van der Waals surface area contributed by atoms with Crippen molar-refractivity contribution in [3.05, 3.63) is 72.9 Å². The van der Waals surface area contributed by atoms with Crippen LogP contribution in [0.5, 0.6) is 0 Å². The maximum atomic E-state index is 12.8. The maximum absolute atomic E-state index is 12.8. The second kappa shape index (κ2) is 48.2. The largest absolute Gasteiger partial charge is 0.544 e. The molecule has 0 saturated carbocycles. The molecule has 2 unspecified atom stereocenters. The Hall–Kier alpha value is -3.23. The van der Waals surface area contributed by atoms with Gasteiger partial charge in [-0.05, 0) is 89.9 Å². The first-order chi connectivity index (χ1) is 32.1. The minimum Gasteiger partial charge on any atom is -0.544 e. The van der Waals surface area contributed by atoms with E-state index in [0.29, 0.717) is 19.3 Å². The molecule has 0 aromatic rings. The molecule has 66 heavy (non-hydrogen) atoms. The van der Waals surface area contributed by atoms with Gasteiger partial charge in [0.2, 0.25) is 0 Å². The number of quaternary nitrogens is 1. The highest BCUT2D eigenvalue weighted by Gasteiger charge is 2.25. The number of esters is 2. The Morgan fingerprint density at radius 2 is 0.803 bits per heavy atom. The summed E-state index contributed by atoms with van der Waals surface area (Å²) in [5, 5.41) is 11.7. The quantitative estimate of drug-likeness (QED) is 0.0259. The van der Waals surface area contributed by atoms with Crippen LogP contribution in [0.25, 0.3) is 0 Å². The molecule has 8 nitrogen and oxygen atoms in total. The lowest BCUT2D eigenvalue weighted by molar-refractivity contribution is -0.889. The fourth-order valence-electron chi connectivity index (χ4n) is 7.61. The number of hydrogen-bond donors (Lipinski definition) is 0. The second-order valence-electron chi connectivity index (χ2n) is 19.1. The molecular formula is C58H101NO7. The molecule has 0 aromatic carbocycles. The van der Waals surface area contributed by atoms with Crippen molar-refractivity contribution in [2.75, 3.05) is 41.0 Å². The summed E-state index contributed by atoms with van der Waals surface area (Å²) in [6, 6.07) is -0.737. The zero-order valence-corrected chi connectivity index (χ0v) is 43.3. The molecule has 0 heterocycles. The van der Waals surface area contributed by atoms with Gasteiger partial charge in [-0.3, -0.25) is 9.59 Å². The second-order valence-corrected chi connectivity index (χ2v) is 19.1. The monoisotopic (exact) mass is 924 g/mol. The van der Waals surface area contributed by atoms with Crippen molar-refractivity contribution >= 4 is 17.9 Å². The summed E-state index contributed by atoms with van der Waals surface area (Å²) in [7, 11) is 5.40. The van der Waals surface area contributed by atoms with Crippen molar-refractivity contribution in [2.45, 2.75) is 238 Å². The van der Waals surface area contributed by atoms with Gasteiger partial charge >= 0.3 is 11.9 Å². The summed E-state index contributed by atoms with van der Waals surface area (Å²) in [6.45, 7) is 4.60. The number of hydrogen-bond acceptors (Lipinski definition) is 7. The highest BCUT2D eigenvalue weighted by atomic mass is 16.6. The van der Waals surface area contributed by atoms with Gasteiger partial charge in [0.1, 0.15) is 12.6 Å². The molecule has 0 rings (SSSR count). The number of nitrogens with zero attached hydrogens (tertiary/aromatic N) is 1. The Labute approximate surface area is 406 Å². The zero-order chi connectivity index (χ0) is 48.4. The van der Waals surface area contributed by atoms with E-state index in [-0.39, 0.29) is 42.7 Å². The Morgan fingerprint density at radius 1 is 0.455 bits per heavy atom. The Kier molecular flexibility index (Phi) is 45.9. The standard InChI is InChI=1S/C58H101NO7/c1-6-8-10-12-14-16-18-20-22-24-26-28-30-32-34-36-38-40-42-44-46-48-56(60)65-53-54(52-64-51-50-55(58(62)63)59(3,4)5)66-57(61)49-47-45-43-41-39-37-35-33-31-29-27-25-23-21-19-17-15-13-11-9-7-2/h14,16,20,22,26,28-29,31-32,34,38,40,54-55H,6-13,15,17-19,21,23-25,27,30,33,35-37,39,41-53H2,1-5H3/b16-14+,22-20+,28-26+,31-29+,34-32+,40-38+. The van der Waals surface area contributed by atoms with Gasteiger partial charge in [0.25, 0.3) is 0 Å². The van der Waals surface area contributed by atoms with Gasteiger partial charge in [0.15, 0.2) is 6.10 Å². The number of carbonyl (C=O) groups is 3. The van der Waals surface area contributed by atoms with Crippen LogP contribution in [0.3, 0.4) is 0 Å². The highest BCUT2D eigenvalue weighted by molar-refractivity contribution is 5.70. The van der Waals surface area contributed by atoms with E-state index in [1.54, 1.807) is 21.1 Å². The minimum atomic E-state index is -1.13. The highest BCUT2D eigenvalue weighted by Crippen LogP contribution is 2.14. The minimum absolute atomic E-state index is 0.0225. The lowest BCUT2D eigenvalue weighted by Crippen LogP contribution is -2.55. The van der Waals surface area contributed by atoms with Gasteiger partial charge in [-0.15, -0.1) is 0 Å². The van der Waals surface area contributed by atoms with E-state index in [9.17, 15) is 19.5 Å². The fourth-order valence-corrected chi connectivity index (χ4v) is 7.61. The Morgan fingerprint density at radius 3 is 1.26 bits per heavy atom. The van der Waals surface area contributed by atoms with Gasteiger partial charge in [-0.1, -0.05) is 189 Å². The third-order valence-corrected chi connectivity index (χ3v) is 11.8. The number of rotatable bonds is 48. The van der Waals surface area contributed by atoms with E-state index < -0.39 is 18.1 Å². The van der Waals surface area contributed by atoms with Crippen molar-refractivity contribution in [1.82, 2.24) is 0 Å². The first kappa shape index (κ1) is 62.8. The van der Waals surface area contributed by atoms with Crippen LogP contribution in [0.2, 0.25) is 0 Å². The number of aliphatic carboxylic acids is 1. The smallest absolute Gasteiger partial charge is 0.306 e. The summed E-state index contributed by atoms with van der Waals surface area (Å²) < 4.78 is 17.2. The van der Waals surface area contributed by atoms with E-state index in [2.05, 4.69) is 86.8 Å². The van der Waals surface area contributed by atoms with Crippen LogP contribution in [0.1, 0.15) is 226 Å². The molecule has 0 spiro atoms. The number of carboxylic acid groups (broad SMARTS) is 1. The first-order valence-corrected chi connectivity index (χ1v) is 27.0. The molecule has 0 aliphatic rings. The van der Waals surface area contributed by atoms with Crippen molar-refractivity contribution in [3.63, 3.8) is 0 Å². The van der Waals surface area contributed by atoms with Crippen LogP contribution < -0.4 is 5.11 Å². The predicted molar refractivity (Wildman–Crippen MR) is 277 cm³/mol. The first-order valence-electron chi connectivity index (χ1n) is 27.0. The summed E-state index contributed by atoms with van der Waals surface area (Å²) in [5.41, 5.74) is 0. The molecule has 8 heteroatoms. The summed E-state index contributed by atoms with van der Waals surface area (Å²) in [4.78, 5) is 37.1. The molecule has 0 fully saturated rings. The van der Waals surface area contributed by atoms with E-state index >= 15 is 0 Å². The molecule has 0 aromatic heterocycles. The van der Waals surface area contributed by atoms with Crippen molar-refractivity contribution < 1.29 is 38.2 Å². The molecule has 0 aliphatic carbocycles. The molecule has 2 atom stereocenters. The van der Waals surface area contributed by atoms with Crippen LogP contribution in [-0.4, -0.2) is 75.5 Å². The van der Waals surface area contributed by atoms with Crippen molar-refractivity contribution in [2.24, 2.45) is 0 Å². The fraction of sp³-hybridized carbons (Fsp3) is 0.741. The lowest BCUT2D eigenvalue weighted by Gasteiger charge is -2.34. The molecular weight excluding hydrogens is 823 g/mol. The van der Waals surface area contributed by atoms with Gasteiger partial charge < -0.3 is 28.6 Å².